The van der Waals surface area contributed by atoms with Crippen molar-refractivity contribution in [3.63, 3.8) is 0 Å². The zero-order chi connectivity index (χ0) is 15.6. The minimum atomic E-state index is -0.0144. The lowest BCUT2D eigenvalue weighted by Gasteiger charge is -2.04. The SMILES string of the molecule is OCCOc1ccc(/N=N/c2ccc(OCCO)cc2)cc1. The Labute approximate surface area is 128 Å². The summed E-state index contributed by atoms with van der Waals surface area (Å²) in [6, 6.07) is 14.2. The Morgan fingerprint density at radius 3 is 1.32 bits per heavy atom. The van der Waals surface area contributed by atoms with Crippen LogP contribution in [-0.4, -0.2) is 36.6 Å². The minimum absolute atomic E-state index is 0.0144. The first kappa shape index (κ1) is 15.9. The van der Waals surface area contributed by atoms with E-state index in [1.54, 1.807) is 48.5 Å². The first-order valence-corrected chi connectivity index (χ1v) is 6.91. The van der Waals surface area contributed by atoms with Crippen molar-refractivity contribution in [2.75, 3.05) is 26.4 Å². The maximum Gasteiger partial charge on any atom is 0.119 e. The molecule has 2 aromatic rings. The molecule has 0 amide bonds. The second-order valence-corrected chi connectivity index (χ2v) is 4.33. The Bertz CT molecular complexity index is 529. The molecule has 2 N–H and O–H groups in total. The van der Waals surface area contributed by atoms with Crippen LogP contribution in [0.15, 0.2) is 58.8 Å². The van der Waals surface area contributed by atoms with E-state index in [1.807, 2.05) is 0 Å². The molecule has 2 rings (SSSR count). The number of aliphatic hydroxyl groups excluding tert-OH is 2. The van der Waals surface area contributed by atoms with E-state index in [4.69, 9.17) is 19.7 Å². The molecule has 6 heteroatoms. The molecule has 0 heterocycles. The van der Waals surface area contributed by atoms with Crippen molar-refractivity contribution in [2.45, 2.75) is 0 Å². The fourth-order valence-corrected chi connectivity index (χ4v) is 1.66. The Balaban J connectivity index is 1.93. The van der Waals surface area contributed by atoms with Gasteiger partial charge in [0.05, 0.1) is 24.6 Å². The lowest BCUT2D eigenvalue weighted by atomic mass is 10.3. The zero-order valence-corrected chi connectivity index (χ0v) is 12.1. The Morgan fingerprint density at radius 2 is 1.00 bits per heavy atom. The van der Waals surface area contributed by atoms with Crippen molar-refractivity contribution < 1.29 is 19.7 Å². The van der Waals surface area contributed by atoms with E-state index in [0.717, 1.165) is 0 Å². The van der Waals surface area contributed by atoms with Gasteiger partial charge in [-0.1, -0.05) is 0 Å². The molecule has 0 saturated heterocycles. The fourth-order valence-electron chi connectivity index (χ4n) is 1.66. The molecule has 0 aromatic heterocycles. The molecular formula is C16H18N2O4. The number of rotatable bonds is 8. The summed E-state index contributed by atoms with van der Waals surface area (Å²) in [4.78, 5) is 0. The van der Waals surface area contributed by atoms with Gasteiger partial charge in [0.1, 0.15) is 24.7 Å². The highest BCUT2D eigenvalue weighted by molar-refractivity contribution is 5.44. The quantitative estimate of drug-likeness (QED) is 0.734. The molecule has 22 heavy (non-hydrogen) atoms. The summed E-state index contributed by atoms with van der Waals surface area (Å²) >= 11 is 0. The smallest absolute Gasteiger partial charge is 0.119 e. The van der Waals surface area contributed by atoms with Crippen LogP contribution in [0.25, 0.3) is 0 Å². The Kier molecular flexibility index (Phi) is 6.35. The molecule has 0 fully saturated rings. The third-order valence-corrected chi connectivity index (χ3v) is 2.67. The van der Waals surface area contributed by atoms with Gasteiger partial charge in [0.25, 0.3) is 0 Å². The number of ether oxygens (including phenoxy) is 2. The molecule has 0 bridgehead atoms. The van der Waals surface area contributed by atoms with Crippen LogP contribution in [0.3, 0.4) is 0 Å². The summed E-state index contributed by atoms with van der Waals surface area (Å²) in [7, 11) is 0. The second-order valence-electron chi connectivity index (χ2n) is 4.33. The van der Waals surface area contributed by atoms with Gasteiger partial charge >= 0.3 is 0 Å². The highest BCUT2D eigenvalue weighted by Crippen LogP contribution is 2.23. The Morgan fingerprint density at radius 1 is 0.636 bits per heavy atom. The largest absolute Gasteiger partial charge is 0.491 e. The summed E-state index contributed by atoms with van der Waals surface area (Å²) < 4.78 is 10.5. The number of nitrogens with zero attached hydrogens (tertiary/aromatic N) is 2. The van der Waals surface area contributed by atoms with Gasteiger partial charge in [-0.05, 0) is 48.5 Å². The van der Waals surface area contributed by atoms with E-state index in [1.165, 1.54) is 0 Å². The van der Waals surface area contributed by atoms with Crippen LogP contribution >= 0.6 is 0 Å². The lowest BCUT2D eigenvalue weighted by molar-refractivity contribution is 0.201. The zero-order valence-electron chi connectivity index (χ0n) is 12.1. The summed E-state index contributed by atoms with van der Waals surface area (Å²) in [6.45, 7) is 0.510. The van der Waals surface area contributed by atoms with Crippen molar-refractivity contribution in [3.8, 4) is 11.5 Å². The summed E-state index contributed by atoms with van der Waals surface area (Å²) in [6.07, 6.45) is 0. The normalized spacial score (nSPS) is 10.8. The molecule has 0 saturated carbocycles. The topological polar surface area (TPSA) is 83.6 Å². The lowest BCUT2D eigenvalue weighted by Crippen LogP contribution is -2.00. The van der Waals surface area contributed by atoms with Gasteiger partial charge in [-0.3, -0.25) is 0 Å². The van der Waals surface area contributed by atoms with Crippen LogP contribution in [0.1, 0.15) is 0 Å². The molecule has 0 aliphatic heterocycles. The van der Waals surface area contributed by atoms with Crippen molar-refractivity contribution in [3.05, 3.63) is 48.5 Å². The third kappa shape index (κ3) is 5.16. The molecule has 0 atom stereocenters. The monoisotopic (exact) mass is 302 g/mol. The van der Waals surface area contributed by atoms with Crippen LogP contribution in [0.2, 0.25) is 0 Å². The van der Waals surface area contributed by atoms with Crippen molar-refractivity contribution in [2.24, 2.45) is 10.2 Å². The van der Waals surface area contributed by atoms with E-state index in [2.05, 4.69) is 10.2 Å². The van der Waals surface area contributed by atoms with E-state index < -0.39 is 0 Å². The van der Waals surface area contributed by atoms with Gasteiger partial charge < -0.3 is 19.7 Å². The average Bonchev–Trinajstić information content (AvgIpc) is 2.58. The number of azo groups is 1. The molecular weight excluding hydrogens is 284 g/mol. The second kappa shape index (κ2) is 8.76. The van der Waals surface area contributed by atoms with Gasteiger partial charge in [0.2, 0.25) is 0 Å². The summed E-state index contributed by atoms with van der Waals surface area (Å²) in [5.74, 6) is 1.36. The fraction of sp³-hybridized carbons (Fsp3) is 0.250. The van der Waals surface area contributed by atoms with Crippen LogP contribution in [0.5, 0.6) is 11.5 Å². The van der Waals surface area contributed by atoms with Crippen LogP contribution in [0.4, 0.5) is 11.4 Å². The number of benzene rings is 2. The number of hydrogen-bond acceptors (Lipinski definition) is 6. The maximum absolute atomic E-state index is 8.68. The molecule has 0 aliphatic carbocycles. The molecule has 0 radical (unpaired) electrons. The Hall–Kier alpha value is -2.44. The van der Waals surface area contributed by atoms with Crippen molar-refractivity contribution in [1.82, 2.24) is 0 Å². The van der Waals surface area contributed by atoms with E-state index in [-0.39, 0.29) is 26.4 Å². The third-order valence-electron chi connectivity index (χ3n) is 2.67. The summed E-state index contributed by atoms with van der Waals surface area (Å²) in [5.41, 5.74) is 1.41. The first-order valence-electron chi connectivity index (χ1n) is 6.91. The molecule has 2 aromatic carbocycles. The molecule has 0 spiro atoms. The highest BCUT2D eigenvalue weighted by Gasteiger charge is 1.96. The molecule has 0 unspecified atom stereocenters. The number of hydrogen-bond donors (Lipinski definition) is 2. The first-order chi connectivity index (χ1) is 10.8. The predicted molar refractivity (Wildman–Crippen MR) is 82.2 cm³/mol. The van der Waals surface area contributed by atoms with Crippen LogP contribution < -0.4 is 9.47 Å². The van der Waals surface area contributed by atoms with Crippen LogP contribution in [-0.2, 0) is 0 Å². The van der Waals surface area contributed by atoms with Gasteiger partial charge in [0.15, 0.2) is 0 Å². The summed E-state index contributed by atoms with van der Waals surface area (Å²) in [5, 5.41) is 25.6. The predicted octanol–water partition coefficient (Wildman–Crippen LogP) is 2.84. The van der Waals surface area contributed by atoms with Gasteiger partial charge in [0, 0.05) is 0 Å². The average molecular weight is 302 g/mol. The maximum atomic E-state index is 8.68. The van der Waals surface area contributed by atoms with E-state index in [9.17, 15) is 0 Å². The standard InChI is InChI=1S/C16H18N2O4/c19-9-11-21-15-5-1-13(2-6-15)17-18-14-3-7-16(8-4-14)22-12-10-20/h1-8,19-20H,9-12H2/b18-17+. The van der Waals surface area contributed by atoms with Gasteiger partial charge in [-0.2, -0.15) is 10.2 Å². The van der Waals surface area contributed by atoms with Gasteiger partial charge in [-0.25, -0.2) is 0 Å². The van der Waals surface area contributed by atoms with E-state index in [0.29, 0.717) is 22.9 Å². The number of aliphatic hydroxyl groups is 2. The molecule has 6 nitrogen and oxygen atoms in total. The molecule has 0 aliphatic rings. The molecule has 116 valence electrons. The minimum Gasteiger partial charge on any atom is -0.491 e. The van der Waals surface area contributed by atoms with Crippen molar-refractivity contribution in [1.29, 1.82) is 0 Å². The van der Waals surface area contributed by atoms with Crippen LogP contribution in [0, 0.1) is 0 Å². The van der Waals surface area contributed by atoms with E-state index >= 15 is 0 Å². The van der Waals surface area contributed by atoms with Gasteiger partial charge in [-0.15, -0.1) is 0 Å². The highest BCUT2D eigenvalue weighted by atomic mass is 16.5. The van der Waals surface area contributed by atoms with Crippen molar-refractivity contribution >= 4 is 11.4 Å².